The summed E-state index contributed by atoms with van der Waals surface area (Å²) in [5, 5.41) is 0. The molecule has 3 rings (SSSR count). The Hall–Kier alpha value is -3.69. The molecule has 0 saturated carbocycles. The quantitative estimate of drug-likeness (QED) is 0.417. The van der Waals surface area contributed by atoms with Gasteiger partial charge >= 0.3 is 12.4 Å². The topological polar surface area (TPSA) is 103 Å². The zero-order chi connectivity index (χ0) is 26.7. The van der Waals surface area contributed by atoms with Gasteiger partial charge in [0, 0.05) is 17.8 Å². The molecule has 0 bridgehead atoms. The van der Waals surface area contributed by atoms with Crippen molar-refractivity contribution in [3.63, 3.8) is 0 Å². The first kappa shape index (κ1) is 26.9. The Morgan fingerprint density at radius 1 is 1.03 bits per heavy atom. The van der Waals surface area contributed by atoms with Gasteiger partial charge in [-0.05, 0) is 24.3 Å². The molecule has 36 heavy (non-hydrogen) atoms. The number of nitrogens with zero attached hydrogens (tertiary/aromatic N) is 3. The predicted octanol–water partition coefficient (Wildman–Crippen LogP) is 4.59. The number of aromatic nitrogens is 3. The van der Waals surface area contributed by atoms with Crippen molar-refractivity contribution in [3.05, 3.63) is 59.8 Å². The normalized spacial score (nSPS) is 12.3. The van der Waals surface area contributed by atoms with Crippen LogP contribution in [-0.2, 0) is 22.8 Å². The zero-order valence-electron chi connectivity index (χ0n) is 18.0. The predicted molar refractivity (Wildman–Crippen MR) is 111 cm³/mol. The van der Waals surface area contributed by atoms with Gasteiger partial charge in [-0.15, -0.1) is 0 Å². The minimum absolute atomic E-state index is 0.0926. The van der Waals surface area contributed by atoms with E-state index in [9.17, 15) is 39.2 Å². The summed E-state index contributed by atoms with van der Waals surface area (Å²) in [5.41, 5.74) is -2.34. The molecule has 8 nitrogen and oxygen atoms in total. The number of hydrogen-bond donors (Lipinski definition) is 1. The minimum atomic E-state index is -5.03. The summed E-state index contributed by atoms with van der Waals surface area (Å²) in [4.78, 5) is 11.1. The standard InChI is InChI=1S/C20H15F7N4O4S/c1-34-18-14(31-36(32,33)10-19(22,23)24)7-11(8-28-18)17-13(21)5-6-16(30-17)35-9-12-3-2-4-15(29-12)20(25,26)27/h2-8,31H,9-10H2,1H3. The van der Waals surface area contributed by atoms with E-state index in [2.05, 4.69) is 15.0 Å². The first-order valence-electron chi connectivity index (χ1n) is 9.61. The number of pyridine rings is 3. The first-order valence-corrected chi connectivity index (χ1v) is 11.3. The van der Waals surface area contributed by atoms with Gasteiger partial charge in [-0.1, -0.05) is 6.07 Å². The number of alkyl halides is 6. The highest BCUT2D eigenvalue weighted by Gasteiger charge is 2.36. The smallest absolute Gasteiger partial charge is 0.433 e. The van der Waals surface area contributed by atoms with Gasteiger partial charge in [0.1, 0.15) is 29.5 Å². The fourth-order valence-corrected chi connectivity index (χ4v) is 3.79. The number of ether oxygens (including phenoxy) is 2. The summed E-state index contributed by atoms with van der Waals surface area (Å²) in [5.74, 6) is -3.75. The molecule has 0 aliphatic heterocycles. The van der Waals surface area contributed by atoms with Crippen molar-refractivity contribution in [2.24, 2.45) is 0 Å². The molecule has 3 aromatic heterocycles. The van der Waals surface area contributed by atoms with E-state index in [0.717, 1.165) is 43.6 Å². The number of sulfonamides is 1. The Bertz CT molecular complexity index is 1350. The van der Waals surface area contributed by atoms with E-state index in [4.69, 9.17) is 9.47 Å². The first-order chi connectivity index (χ1) is 16.7. The van der Waals surface area contributed by atoms with Crippen LogP contribution in [0.1, 0.15) is 11.4 Å². The molecule has 0 aliphatic rings. The van der Waals surface area contributed by atoms with E-state index >= 15 is 0 Å². The van der Waals surface area contributed by atoms with Crippen LogP contribution in [-0.4, -0.2) is 42.4 Å². The number of anilines is 1. The lowest BCUT2D eigenvalue weighted by molar-refractivity contribution is -0.141. The largest absolute Gasteiger partial charge is 0.480 e. The van der Waals surface area contributed by atoms with Gasteiger partial charge in [0.15, 0.2) is 5.75 Å². The van der Waals surface area contributed by atoms with Crippen LogP contribution in [0.4, 0.5) is 36.4 Å². The molecule has 0 amide bonds. The van der Waals surface area contributed by atoms with Gasteiger partial charge in [0.25, 0.3) is 0 Å². The summed E-state index contributed by atoms with van der Waals surface area (Å²) in [6.07, 6.45) is -8.68. The van der Waals surface area contributed by atoms with Crippen molar-refractivity contribution in [1.82, 2.24) is 15.0 Å². The van der Waals surface area contributed by atoms with Crippen LogP contribution in [0.3, 0.4) is 0 Å². The van der Waals surface area contributed by atoms with Gasteiger partial charge in [-0.25, -0.2) is 27.8 Å². The highest BCUT2D eigenvalue weighted by molar-refractivity contribution is 7.92. The van der Waals surface area contributed by atoms with Crippen LogP contribution in [0, 0.1) is 5.82 Å². The molecule has 0 aromatic carbocycles. The van der Waals surface area contributed by atoms with Gasteiger partial charge in [-0.3, -0.25) is 4.72 Å². The van der Waals surface area contributed by atoms with E-state index in [1.54, 1.807) is 4.72 Å². The Kier molecular flexibility index (Phi) is 7.56. The lowest BCUT2D eigenvalue weighted by atomic mass is 10.1. The fourth-order valence-electron chi connectivity index (χ4n) is 2.81. The third-order valence-corrected chi connectivity index (χ3v) is 5.46. The lowest BCUT2D eigenvalue weighted by Crippen LogP contribution is -2.28. The number of nitrogens with one attached hydrogen (secondary N) is 1. The second-order valence-corrected chi connectivity index (χ2v) is 8.76. The summed E-state index contributed by atoms with van der Waals surface area (Å²) in [7, 11) is -3.83. The van der Waals surface area contributed by atoms with Crippen LogP contribution in [0.25, 0.3) is 11.3 Å². The lowest BCUT2D eigenvalue weighted by Gasteiger charge is -2.14. The van der Waals surface area contributed by atoms with E-state index < -0.39 is 63.5 Å². The Balaban J connectivity index is 1.87. The van der Waals surface area contributed by atoms with Crippen molar-refractivity contribution in [1.29, 1.82) is 0 Å². The average molecular weight is 540 g/mol. The fraction of sp³-hybridized carbons (Fsp3) is 0.250. The SMILES string of the molecule is COc1ncc(-c2nc(OCc3cccc(C(F)(F)F)n3)ccc2F)cc1NS(=O)(=O)CC(F)(F)F. The van der Waals surface area contributed by atoms with Crippen molar-refractivity contribution in [3.8, 4) is 23.0 Å². The molecule has 3 aromatic rings. The van der Waals surface area contributed by atoms with E-state index in [1.165, 1.54) is 6.07 Å². The second-order valence-electron chi connectivity index (χ2n) is 7.04. The third-order valence-electron chi connectivity index (χ3n) is 4.22. The molecule has 0 fully saturated rings. The Morgan fingerprint density at radius 3 is 2.39 bits per heavy atom. The highest BCUT2D eigenvalue weighted by Crippen LogP contribution is 2.32. The van der Waals surface area contributed by atoms with Crippen molar-refractivity contribution in [2.75, 3.05) is 17.6 Å². The van der Waals surface area contributed by atoms with Crippen LogP contribution < -0.4 is 14.2 Å². The van der Waals surface area contributed by atoms with Crippen LogP contribution in [0.2, 0.25) is 0 Å². The molecular weight excluding hydrogens is 525 g/mol. The maximum atomic E-state index is 14.5. The van der Waals surface area contributed by atoms with E-state index in [0.29, 0.717) is 0 Å². The van der Waals surface area contributed by atoms with Crippen LogP contribution >= 0.6 is 0 Å². The van der Waals surface area contributed by atoms with Crippen molar-refractivity contribution in [2.45, 2.75) is 19.0 Å². The summed E-state index contributed by atoms with van der Waals surface area (Å²) >= 11 is 0. The Morgan fingerprint density at radius 2 is 1.75 bits per heavy atom. The monoisotopic (exact) mass is 540 g/mol. The molecular formula is C20H15F7N4O4S. The Labute approximate surface area is 199 Å². The molecule has 0 atom stereocenters. The summed E-state index contributed by atoms with van der Waals surface area (Å²) in [6, 6.07) is 6.11. The van der Waals surface area contributed by atoms with Crippen molar-refractivity contribution >= 4 is 15.7 Å². The van der Waals surface area contributed by atoms with Crippen molar-refractivity contribution < 1.29 is 48.6 Å². The van der Waals surface area contributed by atoms with Gasteiger partial charge in [0.2, 0.25) is 21.8 Å². The summed E-state index contributed by atoms with van der Waals surface area (Å²) < 4.78 is 126. The third kappa shape index (κ3) is 7.16. The number of hydrogen-bond acceptors (Lipinski definition) is 7. The molecule has 1 N–H and O–H groups in total. The minimum Gasteiger partial charge on any atom is -0.480 e. The van der Waals surface area contributed by atoms with Gasteiger partial charge in [-0.2, -0.15) is 26.3 Å². The molecule has 0 saturated heterocycles. The molecule has 3 heterocycles. The molecule has 16 heteroatoms. The van der Waals surface area contributed by atoms with Crippen LogP contribution in [0.15, 0.2) is 42.6 Å². The molecule has 0 aliphatic carbocycles. The number of rotatable bonds is 8. The average Bonchev–Trinajstić information content (AvgIpc) is 2.76. The maximum absolute atomic E-state index is 14.5. The molecule has 0 unspecified atom stereocenters. The number of methoxy groups -OCH3 is 1. The number of halogens is 7. The van der Waals surface area contributed by atoms with E-state index in [1.807, 2.05) is 0 Å². The van der Waals surface area contributed by atoms with Gasteiger partial charge in [0.05, 0.1) is 12.8 Å². The highest BCUT2D eigenvalue weighted by atomic mass is 32.2. The molecule has 0 radical (unpaired) electrons. The van der Waals surface area contributed by atoms with Gasteiger partial charge < -0.3 is 9.47 Å². The molecule has 0 spiro atoms. The maximum Gasteiger partial charge on any atom is 0.433 e. The second kappa shape index (κ2) is 10.1. The van der Waals surface area contributed by atoms with Crippen LogP contribution in [0.5, 0.6) is 11.8 Å². The van der Waals surface area contributed by atoms with E-state index in [-0.39, 0.29) is 17.1 Å². The molecule has 194 valence electrons. The zero-order valence-corrected chi connectivity index (χ0v) is 18.8. The summed E-state index contributed by atoms with van der Waals surface area (Å²) in [6.45, 7) is -0.453.